The minimum atomic E-state index is 0.150. The summed E-state index contributed by atoms with van der Waals surface area (Å²) in [5, 5.41) is 7.35. The third-order valence-electron chi connectivity index (χ3n) is 4.58. The molecular weight excluding hydrogens is 242 g/mol. The highest BCUT2D eigenvalue weighted by molar-refractivity contribution is 7.09. The molecular formula is C14H21N3S. The maximum atomic E-state index is 4.63. The van der Waals surface area contributed by atoms with E-state index in [9.17, 15) is 0 Å². The fourth-order valence-electron chi connectivity index (χ4n) is 3.45. The van der Waals surface area contributed by atoms with Gasteiger partial charge in [0.25, 0.3) is 0 Å². The molecule has 3 aliphatic rings. The van der Waals surface area contributed by atoms with Gasteiger partial charge in [0.1, 0.15) is 5.01 Å². The number of rotatable bonds is 4. The van der Waals surface area contributed by atoms with E-state index in [4.69, 9.17) is 0 Å². The molecule has 0 bridgehead atoms. The van der Waals surface area contributed by atoms with Crippen molar-refractivity contribution in [3.63, 3.8) is 0 Å². The molecule has 3 nitrogen and oxygen atoms in total. The summed E-state index contributed by atoms with van der Waals surface area (Å²) in [4.78, 5) is 7.35. The van der Waals surface area contributed by atoms with Crippen LogP contribution in [0.3, 0.4) is 0 Å². The number of likely N-dealkylation sites (tertiary alicyclic amines) is 1. The summed E-state index contributed by atoms with van der Waals surface area (Å²) >= 11 is 1.82. The third kappa shape index (κ3) is 1.91. The fourth-order valence-corrected chi connectivity index (χ4v) is 4.25. The molecule has 1 N–H and O–H groups in total. The number of aromatic nitrogens is 1. The molecule has 1 saturated heterocycles. The Bertz CT molecular complexity index is 424. The molecule has 0 spiro atoms. The van der Waals surface area contributed by atoms with Crippen molar-refractivity contribution in [2.24, 2.45) is 0 Å². The molecule has 1 aromatic heterocycles. The number of nitrogens with one attached hydrogen (secondary N) is 1. The summed E-state index contributed by atoms with van der Waals surface area (Å²) in [5.41, 5.74) is 0.150. The van der Waals surface area contributed by atoms with Crippen molar-refractivity contribution in [2.45, 2.75) is 62.7 Å². The van der Waals surface area contributed by atoms with Gasteiger partial charge in [0.15, 0.2) is 0 Å². The van der Waals surface area contributed by atoms with E-state index in [-0.39, 0.29) is 5.54 Å². The van der Waals surface area contributed by atoms with Gasteiger partial charge in [-0.1, -0.05) is 0 Å². The highest BCUT2D eigenvalue weighted by atomic mass is 32.1. The van der Waals surface area contributed by atoms with Crippen LogP contribution in [-0.4, -0.2) is 34.6 Å². The molecule has 0 radical (unpaired) electrons. The summed E-state index contributed by atoms with van der Waals surface area (Å²) in [6.45, 7) is 3.56. The first-order valence-electron chi connectivity index (χ1n) is 7.20. The number of thiazole rings is 1. The Morgan fingerprint density at radius 1 is 1.39 bits per heavy atom. The molecule has 1 aromatic rings. The van der Waals surface area contributed by atoms with Crippen molar-refractivity contribution in [1.29, 1.82) is 0 Å². The molecule has 2 saturated carbocycles. The van der Waals surface area contributed by atoms with Gasteiger partial charge in [0, 0.05) is 36.2 Å². The largest absolute Gasteiger partial charge is 0.301 e. The molecule has 2 aliphatic carbocycles. The molecule has 18 heavy (non-hydrogen) atoms. The number of hydrogen-bond donors (Lipinski definition) is 1. The minimum Gasteiger partial charge on any atom is -0.301 e. The first-order valence-corrected chi connectivity index (χ1v) is 8.08. The van der Waals surface area contributed by atoms with Gasteiger partial charge < -0.3 is 5.32 Å². The smallest absolute Gasteiger partial charge is 0.114 e. The van der Waals surface area contributed by atoms with Crippen molar-refractivity contribution in [3.8, 4) is 0 Å². The zero-order chi connectivity index (χ0) is 12.2. The Morgan fingerprint density at radius 3 is 2.83 bits per heavy atom. The first kappa shape index (κ1) is 11.4. The van der Waals surface area contributed by atoms with Crippen LogP contribution in [0.5, 0.6) is 0 Å². The topological polar surface area (TPSA) is 28.2 Å². The molecule has 0 amide bonds. The van der Waals surface area contributed by atoms with E-state index in [1.165, 1.54) is 43.7 Å². The third-order valence-corrected chi connectivity index (χ3v) is 5.56. The second-order valence-electron chi connectivity index (χ2n) is 6.29. The summed E-state index contributed by atoms with van der Waals surface area (Å²) < 4.78 is 0. The van der Waals surface area contributed by atoms with Crippen molar-refractivity contribution < 1.29 is 0 Å². The fraction of sp³-hybridized carbons (Fsp3) is 0.786. The molecule has 1 aliphatic heterocycles. The predicted molar refractivity (Wildman–Crippen MR) is 73.8 cm³/mol. The SMILES string of the molecule is CC1CC(NC2CC2)(c2nccs2)CN1C1CC1. The van der Waals surface area contributed by atoms with Crippen molar-refractivity contribution in [1.82, 2.24) is 15.2 Å². The Kier molecular flexibility index (Phi) is 2.54. The Labute approximate surface area is 113 Å². The standard InChI is InChI=1S/C14H21N3S/c1-10-8-14(16-11-2-3-11,13-15-6-7-18-13)9-17(10)12-4-5-12/h6-7,10-12,16H,2-5,8-9H2,1H3. The van der Waals surface area contributed by atoms with Crippen LogP contribution in [0.4, 0.5) is 0 Å². The van der Waals surface area contributed by atoms with Crippen LogP contribution in [0.2, 0.25) is 0 Å². The normalized spacial score (nSPS) is 37.3. The van der Waals surface area contributed by atoms with E-state index < -0.39 is 0 Å². The van der Waals surface area contributed by atoms with Crippen molar-refractivity contribution in [2.75, 3.05) is 6.54 Å². The molecule has 0 aromatic carbocycles. The lowest BCUT2D eigenvalue weighted by atomic mass is 9.97. The summed E-state index contributed by atoms with van der Waals surface area (Å²) in [6.07, 6.45) is 8.70. The Balaban J connectivity index is 1.63. The molecule has 3 fully saturated rings. The van der Waals surface area contributed by atoms with Crippen LogP contribution in [0.1, 0.15) is 44.0 Å². The Hall–Kier alpha value is -0.450. The van der Waals surface area contributed by atoms with Gasteiger partial charge in [0.05, 0.1) is 5.54 Å². The zero-order valence-electron chi connectivity index (χ0n) is 10.9. The van der Waals surface area contributed by atoms with Gasteiger partial charge >= 0.3 is 0 Å². The maximum absolute atomic E-state index is 4.63. The van der Waals surface area contributed by atoms with E-state index in [0.717, 1.165) is 12.1 Å². The predicted octanol–water partition coefficient (Wildman–Crippen LogP) is 2.35. The average molecular weight is 263 g/mol. The van der Waals surface area contributed by atoms with Crippen molar-refractivity contribution in [3.05, 3.63) is 16.6 Å². The highest BCUT2D eigenvalue weighted by Gasteiger charge is 2.50. The average Bonchev–Trinajstić information content (AvgIpc) is 3.26. The van der Waals surface area contributed by atoms with Gasteiger partial charge in [-0.2, -0.15) is 0 Å². The van der Waals surface area contributed by atoms with Gasteiger partial charge in [-0.15, -0.1) is 11.3 Å². The second kappa shape index (κ2) is 4.02. The first-order chi connectivity index (χ1) is 8.77. The van der Waals surface area contributed by atoms with E-state index in [0.29, 0.717) is 6.04 Å². The molecule has 98 valence electrons. The van der Waals surface area contributed by atoms with Crippen LogP contribution in [-0.2, 0) is 5.54 Å². The van der Waals surface area contributed by atoms with Crippen LogP contribution in [0, 0.1) is 0 Å². The molecule has 4 heteroatoms. The quantitative estimate of drug-likeness (QED) is 0.904. The zero-order valence-corrected chi connectivity index (χ0v) is 11.7. The molecule has 2 heterocycles. The summed E-state index contributed by atoms with van der Waals surface area (Å²) in [7, 11) is 0. The van der Waals surface area contributed by atoms with Crippen LogP contribution in [0.25, 0.3) is 0 Å². The number of nitrogens with zero attached hydrogens (tertiary/aromatic N) is 2. The number of hydrogen-bond acceptors (Lipinski definition) is 4. The van der Waals surface area contributed by atoms with Gasteiger partial charge in [-0.05, 0) is 39.0 Å². The molecule has 2 unspecified atom stereocenters. The van der Waals surface area contributed by atoms with Crippen LogP contribution < -0.4 is 5.32 Å². The Morgan fingerprint density at radius 2 is 2.22 bits per heavy atom. The maximum Gasteiger partial charge on any atom is 0.114 e. The van der Waals surface area contributed by atoms with Gasteiger partial charge in [-0.3, -0.25) is 4.90 Å². The van der Waals surface area contributed by atoms with Crippen LogP contribution >= 0.6 is 11.3 Å². The van der Waals surface area contributed by atoms with E-state index in [2.05, 4.69) is 27.5 Å². The second-order valence-corrected chi connectivity index (χ2v) is 7.19. The lowest BCUT2D eigenvalue weighted by molar-refractivity contribution is 0.239. The van der Waals surface area contributed by atoms with Gasteiger partial charge in [0.2, 0.25) is 0 Å². The summed E-state index contributed by atoms with van der Waals surface area (Å²) in [6, 6.07) is 2.32. The lowest BCUT2D eigenvalue weighted by Crippen LogP contribution is -2.46. The molecule has 4 rings (SSSR count). The van der Waals surface area contributed by atoms with Crippen molar-refractivity contribution >= 4 is 11.3 Å². The van der Waals surface area contributed by atoms with E-state index >= 15 is 0 Å². The van der Waals surface area contributed by atoms with E-state index in [1.807, 2.05) is 17.5 Å². The minimum absolute atomic E-state index is 0.150. The monoisotopic (exact) mass is 263 g/mol. The van der Waals surface area contributed by atoms with Gasteiger partial charge in [-0.25, -0.2) is 4.98 Å². The summed E-state index contributed by atoms with van der Waals surface area (Å²) in [5.74, 6) is 0. The van der Waals surface area contributed by atoms with Crippen LogP contribution in [0.15, 0.2) is 11.6 Å². The van der Waals surface area contributed by atoms with E-state index in [1.54, 1.807) is 0 Å². The highest BCUT2D eigenvalue weighted by Crippen LogP contribution is 2.43. The molecule has 2 atom stereocenters. The lowest BCUT2D eigenvalue weighted by Gasteiger charge is -2.29.